The predicted octanol–water partition coefficient (Wildman–Crippen LogP) is 2.88. The van der Waals surface area contributed by atoms with Crippen LogP contribution in [0.2, 0.25) is 5.02 Å². The van der Waals surface area contributed by atoms with E-state index in [4.69, 9.17) is 11.6 Å². The molecule has 1 saturated heterocycles. The number of nitrogens with zero attached hydrogens (tertiary/aromatic N) is 4. The number of carbonyl (C=O) groups excluding carboxylic acids is 1. The zero-order chi connectivity index (χ0) is 24.9. The fourth-order valence-corrected chi connectivity index (χ4v) is 4.48. The molecule has 8 nitrogen and oxygen atoms in total. The molecule has 0 spiro atoms. The van der Waals surface area contributed by atoms with Crippen LogP contribution in [0.1, 0.15) is 32.3 Å². The van der Waals surface area contributed by atoms with Gasteiger partial charge in [-0.3, -0.25) is 9.36 Å². The first-order chi connectivity index (χ1) is 16.8. The first-order valence-electron chi connectivity index (χ1n) is 12.0. The lowest BCUT2D eigenvalue weighted by molar-refractivity contribution is -0.122. The normalized spacial score (nSPS) is 15.0. The minimum Gasteiger partial charge on any atom is -0.393 e. The molecule has 2 heterocycles. The van der Waals surface area contributed by atoms with Gasteiger partial charge in [-0.1, -0.05) is 35.9 Å². The Bertz CT molecular complexity index is 1210. The second-order valence-electron chi connectivity index (χ2n) is 9.33. The Morgan fingerprint density at radius 1 is 1.17 bits per heavy atom. The van der Waals surface area contributed by atoms with Crippen LogP contribution in [0.15, 0.2) is 53.3 Å². The number of halogens is 1. The number of nitrogens with one attached hydrogen (secondary N) is 1. The van der Waals surface area contributed by atoms with E-state index >= 15 is 0 Å². The van der Waals surface area contributed by atoms with E-state index in [0.29, 0.717) is 22.1 Å². The topological polar surface area (TPSA) is 92.4 Å². The summed E-state index contributed by atoms with van der Waals surface area (Å²) in [4.78, 5) is 28.2. The third-order valence-electron chi connectivity index (χ3n) is 6.15. The molecule has 0 saturated carbocycles. The number of hydrogen-bond acceptors (Lipinski definition) is 5. The number of benzene rings is 2. The molecule has 1 aliphatic rings. The van der Waals surface area contributed by atoms with Crippen LogP contribution in [0, 0.1) is 0 Å². The molecule has 0 aliphatic carbocycles. The van der Waals surface area contributed by atoms with Crippen LogP contribution in [0.5, 0.6) is 0 Å². The number of likely N-dealkylation sites (tertiary alicyclic amines) is 1. The average molecular weight is 498 g/mol. The van der Waals surface area contributed by atoms with Crippen LogP contribution in [-0.4, -0.2) is 62.0 Å². The Hall–Kier alpha value is -2.94. The summed E-state index contributed by atoms with van der Waals surface area (Å²) >= 11 is 6.18. The number of rotatable bonds is 8. The fraction of sp³-hybridized carbons (Fsp3) is 0.423. The van der Waals surface area contributed by atoms with E-state index in [1.807, 2.05) is 44.2 Å². The van der Waals surface area contributed by atoms with Gasteiger partial charge in [-0.25, -0.2) is 4.79 Å². The lowest BCUT2D eigenvalue weighted by atomic mass is 10.1. The molecule has 0 atom stereocenters. The Labute approximate surface area is 210 Å². The van der Waals surface area contributed by atoms with Crippen molar-refractivity contribution in [3.63, 3.8) is 0 Å². The summed E-state index contributed by atoms with van der Waals surface area (Å²) in [6, 6.07) is 14.8. The van der Waals surface area contributed by atoms with Crippen molar-refractivity contribution in [2.75, 3.05) is 19.6 Å². The van der Waals surface area contributed by atoms with E-state index in [1.54, 1.807) is 18.2 Å². The van der Waals surface area contributed by atoms with Crippen LogP contribution in [0.4, 0.5) is 0 Å². The van der Waals surface area contributed by atoms with Crippen molar-refractivity contribution in [2.45, 2.75) is 51.8 Å². The van der Waals surface area contributed by atoms with E-state index in [-0.39, 0.29) is 24.6 Å². The second-order valence-corrected chi connectivity index (χ2v) is 9.76. The monoisotopic (exact) mass is 497 g/mol. The van der Waals surface area contributed by atoms with Gasteiger partial charge in [-0.05, 0) is 62.9 Å². The molecule has 0 bridgehead atoms. The van der Waals surface area contributed by atoms with Crippen molar-refractivity contribution in [2.24, 2.45) is 0 Å². The van der Waals surface area contributed by atoms with Crippen LogP contribution in [0.3, 0.4) is 0 Å². The Kier molecular flexibility index (Phi) is 8.05. The molecule has 35 heavy (non-hydrogen) atoms. The number of amides is 1. The highest BCUT2D eigenvalue weighted by molar-refractivity contribution is 6.30. The molecular formula is C26H32ClN5O3. The molecular weight excluding hydrogens is 466 g/mol. The Morgan fingerprint density at radius 2 is 1.89 bits per heavy atom. The maximum atomic E-state index is 13.3. The van der Waals surface area contributed by atoms with E-state index in [0.717, 1.165) is 38.9 Å². The van der Waals surface area contributed by atoms with Gasteiger partial charge in [0.2, 0.25) is 5.91 Å². The van der Waals surface area contributed by atoms with Crippen LogP contribution in [0.25, 0.3) is 17.1 Å². The number of hydrogen-bond donors (Lipinski definition) is 2. The Morgan fingerprint density at radius 3 is 2.54 bits per heavy atom. The molecule has 1 amide bonds. The summed E-state index contributed by atoms with van der Waals surface area (Å²) in [6.45, 7) is 6.38. The minimum atomic E-state index is -0.390. The quantitative estimate of drug-likeness (QED) is 0.499. The van der Waals surface area contributed by atoms with Gasteiger partial charge in [0.05, 0.1) is 11.8 Å². The molecule has 4 rings (SSSR count). The van der Waals surface area contributed by atoms with Crippen molar-refractivity contribution in [3.8, 4) is 17.1 Å². The molecule has 186 valence electrons. The zero-order valence-corrected chi connectivity index (χ0v) is 20.9. The summed E-state index contributed by atoms with van der Waals surface area (Å²) in [6.07, 6.45) is 2.38. The average Bonchev–Trinajstić information content (AvgIpc) is 3.14. The van der Waals surface area contributed by atoms with Gasteiger partial charge >= 0.3 is 5.69 Å². The van der Waals surface area contributed by atoms with Gasteiger partial charge in [0.15, 0.2) is 5.82 Å². The third-order valence-corrected chi connectivity index (χ3v) is 6.39. The highest BCUT2D eigenvalue weighted by Gasteiger charge is 2.20. The summed E-state index contributed by atoms with van der Waals surface area (Å²) in [5, 5.41) is 17.6. The molecule has 2 N–H and O–H groups in total. The minimum absolute atomic E-state index is 0.0367. The molecule has 9 heteroatoms. The first-order valence-corrected chi connectivity index (χ1v) is 12.4. The SMILES string of the molecule is CC(C)NC(=O)Cn1c(-c2cccc(Cl)c2)nn(-c2ccc(CCN3CCC(O)CC3)cc2)c1=O. The summed E-state index contributed by atoms with van der Waals surface area (Å²) in [5.74, 6) is 0.123. The highest BCUT2D eigenvalue weighted by Crippen LogP contribution is 2.21. The number of carbonyl (C=O) groups is 1. The van der Waals surface area contributed by atoms with E-state index in [2.05, 4.69) is 15.3 Å². The first kappa shape index (κ1) is 25.2. The predicted molar refractivity (Wildman–Crippen MR) is 137 cm³/mol. The molecule has 1 aliphatic heterocycles. The van der Waals surface area contributed by atoms with Crippen molar-refractivity contribution in [1.82, 2.24) is 24.6 Å². The largest absolute Gasteiger partial charge is 0.393 e. The number of aliphatic hydroxyl groups excluding tert-OH is 1. The van der Waals surface area contributed by atoms with Crippen LogP contribution >= 0.6 is 11.6 Å². The van der Waals surface area contributed by atoms with E-state index in [1.165, 1.54) is 14.8 Å². The molecule has 2 aromatic carbocycles. The molecule has 0 radical (unpaired) electrons. The third kappa shape index (κ3) is 6.39. The Balaban J connectivity index is 1.57. The maximum absolute atomic E-state index is 13.3. The summed E-state index contributed by atoms with van der Waals surface area (Å²) in [7, 11) is 0. The van der Waals surface area contributed by atoms with Crippen molar-refractivity contribution >= 4 is 17.5 Å². The maximum Gasteiger partial charge on any atom is 0.351 e. The molecule has 0 unspecified atom stereocenters. The van der Waals surface area contributed by atoms with E-state index < -0.39 is 5.69 Å². The van der Waals surface area contributed by atoms with E-state index in [9.17, 15) is 14.7 Å². The van der Waals surface area contributed by atoms with Crippen molar-refractivity contribution in [1.29, 1.82) is 0 Å². The van der Waals surface area contributed by atoms with Crippen LogP contribution < -0.4 is 11.0 Å². The zero-order valence-electron chi connectivity index (χ0n) is 20.2. The summed E-state index contributed by atoms with van der Waals surface area (Å²) in [5.41, 5.74) is 2.07. The van der Waals surface area contributed by atoms with Gasteiger partial charge in [-0.15, -0.1) is 5.10 Å². The van der Waals surface area contributed by atoms with Gasteiger partial charge in [0.25, 0.3) is 0 Å². The van der Waals surface area contributed by atoms with Gasteiger partial charge < -0.3 is 15.3 Å². The fourth-order valence-electron chi connectivity index (χ4n) is 4.29. The number of piperidine rings is 1. The molecule has 1 fully saturated rings. The van der Waals surface area contributed by atoms with Crippen molar-refractivity contribution < 1.29 is 9.90 Å². The van der Waals surface area contributed by atoms with Gasteiger partial charge in [0.1, 0.15) is 6.54 Å². The van der Waals surface area contributed by atoms with Gasteiger partial charge in [-0.2, -0.15) is 4.68 Å². The molecule has 3 aromatic rings. The van der Waals surface area contributed by atoms with Crippen LogP contribution in [-0.2, 0) is 17.8 Å². The lowest BCUT2D eigenvalue weighted by Crippen LogP contribution is -2.37. The second kappa shape index (κ2) is 11.2. The lowest BCUT2D eigenvalue weighted by Gasteiger charge is -2.29. The van der Waals surface area contributed by atoms with Gasteiger partial charge in [0, 0.05) is 36.3 Å². The number of aromatic nitrogens is 3. The standard InChI is InChI=1S/C26H32ClN5O3/c1-18(2)28-24(34)17-31-25(20-4-3-5-21(27)16-20)29-32(26(31)35)22-8-6-19(7-9-22)10-13-30-14-11-23(33)12-15-30/h3-9,16,18,23,33H,10-15,17H2,1-2H3,(H,28,34). The number of aliphatic hydroxyl groups is 1. The highest BCUT2D eigenvalue weighted by atomic mass is 35.5. The summed E-state index contributed by atoms with van der Waals surface area (Å²) < 4.78 is 2.71. The smallest absolute Gasteiger partial charge is 0.351 e. The van der Waals surface area contributed by atoms with Crippen molar-refractivity contribution in [3.05, 3.63) is 69.6 Å². The molecule has 1 aromatic heterocycles.